The van der Waals surface area contributed by atoms with Crippen LogP contribution in [-0.4, -0.2) is 26.7 Å². The lowest BCUT2D eigenvalue weighted by molar-refractivity contribution is 0.392. The van der Waals surface area contributed by atoms with E-state index in [1.807, 2.05) is 0 Å². The van der Waals surface area contributed by atoms with Gasteiger partial charge in [-0.3, -0.25) is 0 Å². The lowest BCUT2D eigenvalue weighted by Crippen LogP contribution is -2.30. The Bertz CT molecular complexity index is 385. The van der Waals surface area contributed by atoms with Crippen LogP contribution in [0.1, 0.15) is 11.5 Å². The second-order valence-corrected chi connectivity index (χ2v) is 4.68. The summed E-state index contributed by atoms with van der Waals surface area (Å²) in [6, 6.07) is 1.58. The summed E-state index contributed by atoms with van der Waals surface area (Å²) >= 11 is 0. The average molecular weight is 219 g/mol. The van der Waals surface area contributed by atoms with E-state index in [1.165, 1.54) is 0 Å². The number of aryl methyl sites for hydroxylation is 1. The van der Waals surface area contributed by atoms with Gasteiger partial charge >= 0.3 is 0 Å². The highest BCUT2D eigenvalue weighted by molar-refractivity contribution is 7.88. The van der Waals surface area contributed by atoms with Gasteiger partial charge in [0, 0.05) is 19.2 Å². The van der Waals surface area contributed by atoms with Crippen molar-refractivity contribution in [3.05, 3.63) is 17.5 Å². The first-order chi connectivity index (χ1) is 6.53. The minimum absolute atomic E-state index is 0.176. The summed E-state index contributed by atoms with van der Waals surface area (Å²) in [5.41, 5.74) is 5.57. The molecule has 0 aliphatic carbocycles. The van der Waals surface area contributed by atoms with Crippen LogP contribution in [0.3, 0.4) is 0 Å². The molecular formula is C7H13N3O3S. The van der Waals surface area contributed by atoms with Gasteiger partial charge in [-0.25, -0.2) is 13.1 Å². The van der Waals surface area contributed by atoms with Gasteiger partial charge in [0.25, 0.3) is 0 Å². The maximum atomic E-state index is 11.3. The Morgan fingerprint density at radius 3 is 2.86 bits per heavy atom. The zero-order chi connectivity index (χ0) is 10.6. The van der Waals surface area contributed by atoms with Crippen molar-refractivity contribution in [2.45, 2.75) is 12.7 Å². The largest absolute Gasteiger partial charge is 0.361 e. The molecule has 14 heavy (non-hydrogen) atoms. The molecule has 1 rings (SSSR count). The van der Waals surface area contributed by atoms with Gasteiger partial charge in [-0.05, 0) is 6.92 Å². The maximum Gasteiger partial charge on any atom is 0.217 e. The highest BCUT2D eigenvalue weighted by atomic mass is 32.2. The molecule has 80 valence electrons. The van der Waals surface area contributed by atoms with Gasteiger partial charge in [-0.1, -0.05) is 5.16 Å². The van der Waals surface area contributed by atoms with Crippen molar-refractivity contribution in [2.75, 3.05) is 13.1 Å². The van der Waals surface area contributed by atoms with Gasteiger partial charge in [0.05, 0.1) is 0 Å². The maximum absolute atomic E-state index is 11.3. The molecule has 0 fully saturated rings. The van der Waals surface area contributed by atoms with E-state index >= 15 is 0 Å². The van der Waals surface area contributed by atoms with Crippen molar-refractivity contribution in [3.63, 3.8) is 0 Å². The van der Waals surface area contributed by atoms with E-state index in [9.17, 15) is 8.42 Å². The highest BCUT2D eigenvalue weighted by Gasteiger charge is 2.13. The molecule has 0 saturated heterocycles. The van der Waals surface area contributed by atoms with E-state index in [-0.39, 0.29) is 18.8 Å². The summed E-state index contributed by atoms with van der Waals surface area (Å²) in [6.07, 6.45) is 0. The van der Waals surface area contributed by atoms with Crippen LogP contribution in [0.25, 0.3) is 0 Å². The Kier molecular flexibility index (Phi) is 3.62. The molecule has 0 saturated carbocycles. The molecule has 0 spiro atoms. The zero-order valence-electron chi connectivity index (χ0n) is 7.86. The van der Waals surface area contributed by atoms with Crippen LogP contribution in [0, 0.1) is 6.92 Å². The topological polar surface area (TPSA) is 98.2 Å². The first-order valence-corrected chi connectivity index (χ1v) is 5.78. The normalized spacial score (nSPS) is 11.9. The molecule has 0 radical (unpaired) electrons. The van der Waals surface area contributed by atoms with Crippen molar-refractivity contribution in [3.8, 4) is 0 Å². The van der Waals surface area contributed by atoms with Crippen LogP contribution in [0.5, 0.6) is 0 Å². The number of sulfonamides is 1. The molecule has 0 atom stereocenters. The zero-order valence-corrected chi connectivity index (χ0v) is 8.67. The second kappa shape index (κ2) is 4.54. The fourth-order valence-electron chi connectivity index (χ4n) is 0.946. The fourth-order valence-corrected chi connectivity index (χ4v) is 2.00. The second-order valence-electron chi connectivity index (χ2n) is 2.87. The number of hydrogen-bond donors (Lipinski definition) is 2. The summed E-state index contributed by atoms with van der Waals surface area (Å²) in [5, 5.41) is 3.58. The Morgan fingerprint density at radius 2 is 2.36 bits per heavy atom. The molecule has 0 bridgehead atoms. The third-order valence-electron chi connectivity index (χ3n) is 1.48. The van der Waals surface area contributed by atoms with E-state index in [1.54, 1.807) is 13.0 Å². The first-order valence-electron chi connectivity index (χ1n) is 4.13. The van der Waals surface area contributed by atoms with E-state index in [2.05, 4.69) is 9.88 Å². The van der Waals surface area contributed by atoms with Crippen molar-refractivity contribution in [1.29, 1.82) is 0 Å². The number of aromatic nitrogens is 1. The monoisotopic (exact) mass is 219 g/mol. The predicted molar refractivity (Wildman–Crippen MR) is 50.9 cm³/mol. The molecule has 7 heteroatoms. The molecule has 0 unspecified atom stereocenters. The molecular weight excluding hydrogens is 206 g/mol. The standard InChI is InChI=1S/C7H13N3O3S/c1-6-4-7(10-13-6)5-14(11,12)9-3-2-8/h4,9H,2-3,5,8H2,1H3. The molecule has 0 aliphatic rings. The molecule has 1 heterocycles. The highest BCUT2D eigenvalue weighted by Crippen LogP contribution is 2.05. The van der Waals surface area contributed by atoms with Crippen molar-refractivity contribution in [1.82, 2.24) is 9.88 Å². The fraction of sp³-hybridized carbons (Fsp3) is 0.571. The SMILES string of the molecule is Cc1cc(CS(=O)(=O)NCCN)no1. The summed E-state index contributed by atoms with van der Waals surface area (Å²) in [6.45, 7) is 2.21. The van der Waals surface area contributed by atoms with E-state index in [4.69, 9.17) is 10.3 Å². The Labute approximate surface area is 82.5 Å². The van der Waals surface area contributed by atoms with Crippen LogP contribution in [0.2, 0.25) is 0 Å². The quantitative estimate of drug-likeness (QED) is 0.686. The number of nitrogens with zero attached hydrogens (tertiary/aromatic N) is 1. The lowest BCUT2D eigenvalue weighted by atomic mass is 10.4. The van der Waals surface area contributed by atoms with Crippen molar-refractivity contribution in [2.24, 2.45) is 5.73 Å². The summed E-state index contributed by atoms with van der Waals surface area (Å²) in [5.74, 6) is 0.415. The van der Waals surface area contributed by atoms with Crippen molar-refractivity contribution < 1.29 is 12.9 Å². The number of rotatable bonds is 5. The van der Waals surface area contributed by atoms with Crippen LogP contribution >= 0.6 is 0 Å². The minimum Gasteiger partial charge on any atom is -0.361 e. The van der Waals surface area contributed by atoms with Gasteiger partial charge in [-0.15, -0.1) is 0 Å². The third kappa shape index (κ3) is 3.44. The Morgan fingerprint density at radius 1 is 1.64 bits per heavy atom. The Hall–Kier alpha value is -0.920. The molecule has 6 nitrogen and oxygen atoms in total. The molecule has 0 aliphatic heterocycles. The van der Waals surface area contributed by atoms with Gasteiger partial charge in [0.15, 0.2) is 0 Å². The molecule has 0 amide bonds. The summed E-state index contributed by atoms with van der Waals surface area (Å²) in [7, 11) is -3.34. The van der Waals surface area contributed by atoms with Crippen molar-refractivity contribution >= 4 is 10.0 Å². The third-order valence-corrected chi connectivity index (χ3v) is 2.80. The average Bonchev–Trinajstić information content (AvgIpc) is 2.47. The van der Waals surface area contributed by atoms with E-state index in [0.717, 1.165) is 0 Å². The number of hydrogen-bond acceptors (Lipinski definition) is 5. The minimum atomic E-state index is -3.34. The van der Waals surface area contributed by atoms with Gasteiger partial charge in [0.2, 0.25) is 10.0 Å². The van der Waals surface area contributed by atoms with Gasteiger partial charge in [-0.2, -0.15) is 0 Å². The summed E-state index contributed by atoms with van der Waals surface area (Å²) in [4.78, 5) is 0. The van der Waals surface area contributed by atoms with Gasteiger partial charge in [0.1, 0.15) is 17.2 Å². The van der Waals surface area contributed by atoms with E-state index < -0.39 is 10.0 Å². The lowest BCUT2D eigenvalue weighted by Gasteiger charge is -2.01. The molecule has 1 aromatic heterocycles. The number of nitrogens with two attached hydrogens (primary N) is 1. The molecule has 1 aromatic rings. The van der Waals surface area contributed by atoms with Gasteiger partial charge < -0.3 is 10.3 Å². The summed E-state index contributed by atoms with van der Waals surface area (Å²) < 4.78 is 29.7. The Balaban J connectivity index is 2.59. The van der Waals surface area contributed by atoms with Crippen LogP contribution in [-0.2, 0) is 15.8 Å². The first kappa shape index (κ1) is 11.2. The van der Waals surface area contributed by atoms with Crippen LogP contribution < -0.4 is 10.5 Å². The molecule has 0 aromatic carbocycles. The molecule has 3 N–H and O–H groups in total. The van der Waals surface area contributed by atoms with Crippen LogP contribution in [0.15, 0.2) is 10.6 Å². The predicted octanol–water partition coefficient (Wildman–Crippen LogP) is -0.639. The number of nitrogens with one attached hydrogen (secondary N) is 1. The van der Waals surface area contributed by atoms with E-state index in [0.29, 0.717) is 11.5 Å². The smallest absolute Gasteiger partial charge is 0.217 e. The van der Waals surface area contributed by atoms with Crippen LogP contribution in [0.4, 0.5) is 0 Å².